The van der Waals surface area contributed by atoms with Crippen molar-refractivity contribution in [3.8, 4) is 5.75 Å². The number of hydrogen-bond acceptors (Lipinski definition) is 4. The van der Waals surface area contributed by atoms with Gasteiger partial charge in [0.2, 0.25) is 0 Å². The first-order valence-electron chi connectivity index (χ1n) is 9.83. The highest BCUT2D eigenvalue weighted by Crippen LogP contribution is 2.22. The molecule has 6 nitrogen and oxygen atoms in total. The average molecular weight is 360 g/mol. The minimum Gasteiger partial charge on any atom is -0.497 e. The second-order valence-electron chi connectivity index (χ2n) is 7.15. The Hall–Kier alpha value is -1.95. The SMILES string of the molecule is CCNC(=NCC1CCCN1C)N1CCN(c2cccc(OC)c2)CC1. The van der Waals surface area contributed by atoms with E-state index in [1.807, 2.05) is 6.07 Å². The summed E-state index contributed by atoms with van der Waals surface area (Å²) in [6.45, 7) is 9.14. The summed E-state index contributed by atoms with van der Waals surface area (Å²) in [6, 6.07) is 8.93. The molecule has 2 heterocycles. The molecule has 2 aliphatic rings. The normalized spacial score (nSPS) is 22.0. The van der Waals surface area contributed by atoms with E-state index in [1.54, 1.807) is 7.11 Å². The standard InChI is InChI=1S/C20H33N5O/c1-4-21-20(22-16-18-8-6-10-23(18)2)25-13-11-24(12-14-25)17-7-5-9-19(15-17)26-3/h5,7,9,15,18H,4,6,8,10-14,16H2,1-3H3,(H,21,22). The lowest BCUT2D eigenvalue weighted by atomic mass is 10.2. The Morgan fingerprint density at radius 3 is 2.69 bits per heavy atom. The number of rotatable bonds is 5. The van der Waals surface area contributed by atoms with Crippen molar-refractivity contribution in [3.63, 3.8) is 0 Å². The maximum absolute atomic E-state index is 5.36. The number of methoxy groups -OCH3 is 1. The van der Waals surface area contributed by atoms with Crippen LogP contribution in [0.3, 0.4) is 0 Å². The first-order valence-corrected chi connectivity index (χ1v) is 9.83. The van der Waals surface area contributed by atoms with Crippen molar-refractivity contribution in [1.29, 1.82) is 0 Å². The van der Waals surface area contributed by atoms with E-state index >= 15 is 0 Å². The quantitative estimate of drug-likeness (QED) is 0.642. The van der Waals surface area contributed by atoms with Gasteiger partial charge in [0.15, 0.2) is 5.96 Å². The van der Waals surface area contributed by atoms with Crippen LogP contribution in [0.1, 0.15) is 19.8 Å². The number of hydrogen-bond donors (Lipinski definition) is 1. The minimum atomic E-state index is 0.599. The second kappa shape index (κ2) is 9.12. The van der Waals surface area contributed by atoms with Gasteiger partial charge in [-0.1, -0.05) is 6.07 Å². The van der Waals surface area contributed by atoms with E-state index in [9.17, 15) is 0 Å². The van der Waals surface area contributed by atoms with Crippen LogP contribution in [0, 0.1) is 0 Å². The van der Waals surface area contributed by atoms with E-state index in [4.69, 9.17) is 9.73 Å². The third kappa shape index (κ3) is 4.61. The fourth-order valence-electron chi connectivity index (χ4n) is 3.81. The Labute approximate surface area is 157 Å². The van der Waals surface area contributed by atoms with Crippen molar-refractivity contribution in [2.24, 2.45) is 4.99 Å². The Morgan fingerprint density at radius 1 is 1.23 bits per heavy atom. The number of nitrogens with one attached hydrogen (secondary N) is 1. The summed E-state index contributed by atoms with van der Waals surface area (Å²) in [5.74, 6) is 1.98. The Bertz CT molecular complexity index is 598. The molecule has 0 aromatic heterocycles. The average Bonchev–Trinajstić information content (AvgIpc) is 3.10. The highest BCUT2D eigenvalue weighted by Gasteiger charge is 2.23. The van der Waals surface area contributed by atoms with E-state index in [1.165, 1.54) is 25.1 Å². The fourth-order valence-corrected chi connectivity index (χ4v) is 3.81. The summed E-state index contributed by atoms with van der Waals surface area (Å²) < 4.78 is 5.36. The van der Waals surface area contributed by atoms with Gasteiger partial charge in [0, 0.05) is 50.5 Å². The van der Waals surface area contributed by atoms with Crippen LogP contribution in [0.25, 0.3) is 0 Å². The smallest absolute Gasteiger partial charge is 0.194 e. The molecule has 2 fully saturated rings. The number of guanidine groups is 1. The molecular weight excluding hydrogens is 326 g/mol. The lowest BCUT2D eigenvalue weighted by molar-refractivity contribution is 0.314. The first-order chi connectivity index (χ1) is 12.7. The van der Waals surface area contributed by atoms with Crippen molar-refractivity contribution in [2.75, 3.05) is 64.9 Å². The topological polar surface area (TPSA) is 43.3 Å². The Balaban J connectivity index is 1.58. The van der Waals surface area contributed by atoms with Gasteiger partial charge in [0.25, 0.3) is 0 Å². The molecule has 3 rings (SSSR count). The minimum absolute atomic E-state index is 0.599. The third-order valence-corrected chi connectivity index (χ3v) is 5.46. The molecule has 1 N–H and O–H groups in total. The van der Waals surface area contributed by atoms with Crippen LogP contribution >= 0.6 is 0 Å². The summed E-state index contributed by atoms with van der Waals surface area (Å²) >= 11 is 0. The highest BCUT2D eigenvalue weighted by molar-refractivity contribution is 5.80. The van der Waals surface area contributed by atoms with Crippen molar-refractivity contribution >= 4 is 11.6 Å². The predicted molar refractivity (Wildman–Crippen MR) is 108 cm³/mol. The maximum Gasteiger partial charge on any atom is 0.194 e. The lowest BCUT2D eigenvalue weighted by Crippen LogP contribution is -2.52. The monoisotopic (exact) mass is 359 g/mol. The van der Waals surface area contributed by atoms with E-state index in [0.717, 1.165) is 51.0 Å². The van der Waals surface area contributed by atoms with Crippen molar-refractivity contribution < 1.29 is 4.74 Å². The highest BCUT2D eigenvalue weighted by atomic mass is 16.5. The van der Waals surface area contributed by atoms with Gasteiger partial charge in [-0.2, -0.15) is 0 Å². The van der Waals surface area contributed by atoms with Crippen LogP contribution in [-0.4, -0.2) is 81.8 Å². The largest absolute Gasteiger partial charge is 0.497 e. The van der Waals surface area contributed by atoms with Crippen LogP contribution in [0.4, 0.5) is 5.69 Å². The molecule has 0 aliphatic carbocycles. The first kappa shape index (κ1) is 18.8. The molecular formula is C20H33N5O. The molecule has 144 valence electrons. The van der Waals surface area contributed by atoms with E-state index < -0.39 is 0 Å². The second-order valence-corrected chi connectivity index (χ2v) is 7.15. The Morgan fingerprint density at radius 2 is 2.04 bits per heavy atom. The van der Waals surface area contributed by atoms with Crippen LogP contribution in [-0.2, 0) is 0 Å². The summed E-state index contributed by atoms with van der Waals surface area (Å²) in [6.07, 6.45) is 2.56. The number of benzene rings is 1. The van der Waals surface area contributed by atoms with Crippen molar-refractivity contribution in [1.82, 2.24) is 15.1 Å². The summed E-state index contributed by atoms with van der Waals surface area (Å²) in [7, 11) is 3.94. The van der Waals surface area contributed by atoms with Gasteiger partial charge < -0.3 is 24.8 Å². The van der Waals surface area contributed by atoms with Gasteiger partial charge in [-0.15, -0.1) is 0 Å². The number of ether oxygens (including phenoxy) is 1. The third-order valence-electron chi connectivity index (χ3n) is 5.46. The molecule has 1 atom stereocenters. The van der Waals surface area contributed by atoms with Crippen LogP contribution in [0.5, 0.6) is 5.75 Å². The van der Waals surface area contributed by atoms with Gasteiger partial charge in [-0.3, -0.25) is 4.99 Å². The molecule has 26 heavy (non-hydrogen) atoms. The molecule has 2 saturated heterocycles. The molecule has 0 spiro atoms. The zero-order chi connectivity index (χ0) is 18.4. The van der Waals surface area contributed by atoms with Gasteiger partial charge in [-0.25, -0.2) is 0 Å². The maximum atomic E-state index is 5.36. The Kier molecular flexibility index (Phi) is 6.61. The van der Waals surface area contributed by atoms with Crippen LogP contribution < -0.4 is 15.0 Å². The van der Waals surface area contributed by atoms with Gasteiger partial charge in [0.1, 0.15) is 5.75 Å². The van der Waals surface area contributed by atoms with Gasteiger partial charge in [0.05, 0.1) is 13.7 Å². The number of piperazine rings is 1. The molecule has 0 amide bonds. The van der Waals surface area contributed by atoms with E-state index in [2.05, 4.69) is 52.2 Å². The van der Waals surface area contributed by atoms with Crippen molar-refractivity contribution in [3.05, 3.63) is 24.3 Å². The number of nitrogens with zero attached hydrogens (tertiary/aromatic N) is 4. The zero-order valence-electron chi connectivity index (χ0n) is 16.4. The molecule has 0 radical (unpaired) electrons. The molecule has 6 heteroatoms. The zero-order valence-corrected chi connectivity index (χ0v) is 16.4. The number of aliphatic imine (C=N–C) groups is 1. The van der Waals surface area contributed by atoms with E-state index in [-0.39, 0.29) is 0 Å². The summed E-state index contributed by atoms with van der Waals surface area (Å²) in [5, 5.41) is 3.48. The molecule has 1 aromatic rings. The van der Waals surface area contributed by atoms with Crippen LogP contribution in [0.2, 0.25) is 0 Å². The van der Waals surface area contributed by atoms with E-state index in [0.29, 0.717) is 6.04 Å². The molecule has 2 aliphatic heterocycles. The number of likely N-dealkylation sites (tertiary alicyclic amines) is 1. The molecule has 1 aromatic carbocycles. The predicted octanol–water partition coefficient (Wildman–Crippen LogP) is 1.88. The van der Waals surface area contributed by atoms with Crippen LogP contribution in [0.15, 0.2) is 29.3 Å². The number of anilines is 1. The summed E-state index contributed by atoms with van der Waals surface area (Å²) in [4.78, 5) is 12.2. The molecule has 0 saturated carbocycles. The fraction of sp³-hybridized carbons (Fsp3) is 0.650. The number of likely N-dealkylation sites (N-methyl/N-ethyl adjacent to an activating group) is 1. The lowest BCUT2D eigenvalue weighted by Gasteiger charge is -2.38. The molecule has 0 bridgehead atoms. The molecule has 1 unspecified atom stereocenters. The van der Waals surface area contributed by atoms with Crippen molar-refractivity contribution in [2.45, 2.75) is 25.8 Å². The van der Waals surface area contributed by atoms with Gasteiger partial charge >= 0.3 is 0 Å². The summed E-state index contributed by atoms with van der Waals surface area (Å²) in [5.41, 5.74) is 1.23. The van der Waals surface area contributed by atoms with Gasteiger partial charge in [-0.05, 0) is 45.5 Å².